The van der Waals surface area contributed by atoms with E-state index in [1.54, 1.807) is 55.5 Å². The van der Waals surface area contributed by atoms with Crippen molar-refractivity contribution >= 4 is 39.1 Å². The topological polar surface area (TPSA) is 105 Å². The fraction of sp³-hybridized carbons (Fsp3) is 0.333. The van der Waals surface area contributed by atoms with Crippen molar-refractivity contribution in [2.24, 2.45) is 0 Å². The van der Waals surface area contributed by atoms with Crippen LogP contribution in [-0.4, -0.2) is 58.5 Å². The Morgan fingerprint density at radius 2 is 1.59 bits per heavy atom. The fourth-order valence-electron chi connectivity index (χ4n) is 4.11. The molecule has 11 heteroatoms. The molecule has 3 aromatic rings. The maximum Gasteiger partial charge on any atom is 0.264 e. The number of hydrogen-bond acceptors (Lipinski definition) is 6. The van der Waals surface area contributed by atoms with Crippen molar-refractivity contribution in [1.82, 2.24) is 10.2 Å². The second-order valence-corrected chi connectivity index (χ2v) is 11.8. The van der Waals surface area contributed by atoms with Crippen molar-refractivity contribution in [3.05, 3.63) is 82.9 Å². The fourth-order valence-corrected chi connectivity index (χ4v) is 5.64. The van der Waals surface area contributed by atoms with E-state index in [0.717, 1.165) is 21.9 Å². The summed E-state index contributed by atoms with van der Waals surface area (Å²) < 4.78 is 39.7. The molecule has 0 fully saturated rings. The molecule has 1 N–H and O–H groups in total. The molecule has 3 aromatic carbocycles. The normalized spacial score (nSPS) is 11.9. The third kappa shape index (κ3) is 7.92. The molecule has 0 bridgehead atoms. The van der Waals surface area contributed by atoms with Crippen molar-refractivity contribution in [1.29, 1.82) is 0 Å². The number of nitrogens with zero attached hydrogens (tertiary/aromatic N) is 2. The second kappa shape index (κ2) is 14.2. The van der Waals surface area contributed by atoms with Gasteiger partial charge < -0.3 is 19.7 Å². The minimum Gasteiger partial charge on any atom is -0.493 e. The highest BCUT2D eigenvalue weighted by Gasteiger charge is 2.33. The van der Waals surface area contributed by atoms with E-state index >= 15 is 0 Å². The number of rotatable bonds is 13. The Balaban J connectivity index is 2.07. The Kier molecular flexibility index (Phi) is 11.0. The summed E-state index contributed by atoms with van der Waals surface area (Å²) in [5, 5.41) is 3.35. The number of carbonyl (C=O) groups excluding carboxylic acids is 2. The summed E-state index contributed by atoms with van der Waals surface area (Å²) in [4.78, 5) is 28.3. The minimum absolute atomic E-state index is 0.0173. The lowest BCUT2D eigenvalue weighted by atomic mass is 10.1. The first-order valence-corrected chi connectivity index (χ1v) is 15.0. The van der Waals surface area contributed by atoms with Crippen molar-refractivity contribution in [2.75, 3.05) is 31.6 Å². The third-order valence-electron chi connectivity index (χ3n) is 6.53. The maximum absolute atomic E-state index is 14.0. The Labute approximate surface area is 247 Å². The molecule has 0 aliphatic heterocycles. The number of sulfonamides is 1. The van der Waals surface area contributed by atoms with Crippen LogP contribution in [0.5, 0.6) is 11.5 Å². The average molecular weight is 602 g/mol. The SMILES string of the molecule is CCCNC(=O)[C@H](C)N(Cc1ccc(Cl)cc1)C(=O)CN(c1ccc(OC)c(OC)c1)S(=O)(=O)c1ccc(C)cc1. The molecule has 0 saturated carbocycles. The van der Waals surface area contributed by atoms with Gasteiger partial charge in [-0.2, -0.15) is 0 Å². The molecule has 0 aromatic heterocycles. The van der Waals surface area contributed by atoms with Crippen LogP contribution >= 0.6 is 11.6 Å². The van der Waals surface area contributed by atoms with Gasteiger partial charge in [0, 0.05) is 24.2 Å². The lowest BCUT2D eigenvalue weighted by Gasteiger charge is -2.32. The number of halogens is 1. The summed E-state index contributed by atoms with van der Waals surface area (Å²) in [5.41, 5.74) is 1.82. The molecule has 41 heavy (non-hydrogen) atoms. The smallest absolute Gasteiger partial charge is 0.264 e. The van der Waals surface area contributed by atoms with E-state index in [4.69, 9.17) is 21.1 Å². The van der Waals surface area contributed by atoms with E-state index in [-0.39, 0.29) is 23.0 Å². The molecule has 220 valence electrons. The maximum atomic E-state index is 14.0. The lowest BCUT2D eigenvalue weighted by Crippen LogP contribution is -2.51. The Bertz CT molecular complexity index is 1450. The van der Waals surface area contributed by atoms with Crippen molar-refractivity contribution < 1.29 is 27.5 Å². The number of hydrogen-bond donors (Lipinski definition) is 1. The number of methoxy groups -OCH3 is 2. The van der Waals surface area contributed by atoms with E-state index in [9.17, 15) is 18.0 Å². The molecule has 0 unspecified atom stereocenters. The quantitative estimate of drug-likeness (QED) is 0.302. The zero-order valence-electron chi connectivity index (χ0n) is 23.9. The molecule has 0 heterocycles. The number of anilines is 1. The largest absolute Gasteiger partial charge is 0.493 e. The molecule has 9 nitrogen and oxygen atoms in total. The Morgan fingerprint density at radius 3 is 2.17 bits per heavy atom. The zero-order valence-corrected chi connectivity index (χ0v) is 25.5. The van der Waals surface area contributed by atoms with Gasteiger partial charge in [0.15, 0.2) is 11.5 Å². The van der Waals surface area contributed by atoms with Crippen LogP contribution in [0.25, 0.3) is 0 Å². The number of nitrogens with one attached hydrogen (secondary N) is 1. The number of benzene rings is 3. The lowest BCUT2D eigenvalue weighted by molar-refractivity contribution is -0.139. The highest BCUT2D eigenvalue weighted by molar-refractivity contribution is 7.92. The van der Waals surface area contributed by atoms with Crippen LogP contribution in [-0.2, 0) is 26.2 Å². The standard InChI is InChI=1S/C30H36ClN3O6S/c1-6-17-32-30(36)22(3)33(19-23-9-11-24(31)12-10-23)29(35)20-34(25-13-16-27(39-4)28(18-25)40-5)41(37,38)26-14-7-21(2)8-15-26/h7-16,18,22H,6,17,19-20H2,1-5H3,(H,32,36)/t22-/m0/s1. The molecule has 3 rings (SSSR count). The first-order valence-electron chi connectivity index (χ1n) is 13.1. The van der Waals surface area contributed by atoms with Gasteiger partial charge >= 0.3 is 0 Å². The summed E-state index contributed by atoms with van der Waals surface area (Å²) in [7, 11) is -1.30. The molecule has 0 aliphatic carbocycles. The van der Waals surface area contributed by atoms with Crippen LogP contribution in [0.2, 0.25) is 5.02 Å². The van der Waals surface area contributed by atoms with Crippen LogP contribution < -0.4 is 19.1 Å². The molecule has 2 amide bonds. The molecule has 0 aliphatic rings. The molecule has 0 radical (unpaired) electrons. The summed E-state index contributed by atoms with van der Waals surface area (Å²) in [6, 6.07) is 17.0. The number of aryl methyl sites for hydroxylation is 1. The molecular weight excluding hydrogens is 566 g/mol. The van der Waals surface area contributed by atoms with Gasteiger partial charge in [-0.05, 0) is 62.2 Å². The Hall–Kier alpha value is -3.76. The summed E-state index contributed by atoms with van der Waals surface area (Å²) in [6.07, 6.45) is 0.728. The molecular formula is C30H36ClN3O6S. The number of ether oxygens (including phenoxy) is 2. The Morgan fingerprint density at radius 1 is 0.951 bits per heavy atom. The third-order valence-corrected chi connectivity index (χ3v) is 8.57. The highest BCUT2D eigenvalue weighted by atomic mass is 35.5. The van der Waals surface area contributed by atoms with E-state index in [1.807, 2.05) is 13.8 Å². The van der Waals surface area contributed by atoms with Crippen LogP contribution in [0.15, 0.2) is 71.6 Å². The van der Waals surface area contributed by atoms with E-state index in [0.29, 0.717) is 23.1 Å². The number of carbonyl (C=O) groups is 2. The van der Waals surface area contributed by atoms with E-state index in [1.165, 1.54) is 37.3 Å². The van der Waals surface area contributed by atoms with E-state index in [2.05, 4.69) is 5.32 Å². The molecule has 0 spiro atoms. The predicted octanol–water partition coefficient (Wildman–Crippen LogP) is 4.80. The first kappa shape index (κ1) is 31.8. The predicted molar refractivity (Wildman–Crippen MR) is 160 cm³/mol. The average Bonchev–Trinajstić information content (AvgIpc) is 2.97. The van der Waals surface area contributed by atoms with Gasteiger partial charge in [-0.25, -0.2) is 8.42 Å². The van der Waals surface area contributed by atoms with Crippen LogP contribution in [0.3, 0.4) is 0 Å². The summed E-state index contributed by atoms with van der Waals surface area (Å²) in [6.45, 7) is 5.36. The van der Waals surface area contributed by atoms with Crippen LogP contribution in [0.4, 0.5) is 5.69 Å². The molecule has 0 saturated heterocycles. The monoisotopic (exact) mass is 601 g/mol. The van der Waals surface area contributed by atoms with E-state index < -0.39 is 28.5 Å². The van der Waals surface area contributed by atoms with Crippen LogP contribution in [0.1, 0.15) is 31.4 Å². The van der Waals surface area contributed by atoms with Crippen molar-refractivity contribution in [2.45, 2.75) is 44.7 Å². The van der Waals surface area contributed by atoms with Gasteiger partial charge in [0.05, 0.1) is 24.8 Å². The van der Waals surface area contributed by atoms with Crippen LogP contribution in [0, 0.1) is 6.92 Å². The summed E-state index contributed by atoms with van der Waals surface area (Å²) in [5.74, 6) is -0.203. The minimum atomic E-state index is -4.21. The highest BCUT2D eigenvalue weighted by Crippen LogP contribution is 2.34. The number of amides is 2. The van der Waals surface area contributed by atoms with Gasteiger partial charge in [-0.15, -0.1) is 0 Å². The van der Waals surface area contributed by atoms with Gasteiger partial charge in [0.25, 0.3) is 10.0 Å². The first-order chi connectivity index (χ1) is 19.5. The second-order valence-electron chi connectivity index (χ2n) is 9.48. The van der Waals surface area contributed by atoms with Gasteiger partial charge in [-0.3, -0.25) is 13.9 Å². The zero-order chi connectivity index (χ0) is 30.2. The molecule has 1 atom stereocenters. The summed E-state index contributed by atoms with van der Waals surface area (Å²) >= 11 is 6.04. The van der Waals surface area contributed by atoms with Gasteiger partial charge in [0.1, 0.15) is 12.6 Å². The van der Waals surface area contributed by atoms with Gasteiger partial charge in [-0.1, -0.05) is 48.4 Å². The van der Waals surface area contributed by atoms with Crippen molar-refractivity contribution in [3.63, 3.8) is 0 Å². The van der Waals surface area contributed by atoms with Crippen molar-refractivity contribution in [3.8, 4) is 11.5 Å². The van der Waals surface area contributed by atoms with Gasteiger partial charge in [0.2, 0.25) is 11.8 Å².